The Bertz CT molecular complexity index is 594. The molecule has 0 radical (unpaired) electrons. The summed E-state index contributed by atoms with van der Waals surface area (Å²) in [5.74, 6) is -0.497. The maximum absolute atomic E-state index is 11.4. The number of ether oxygens (including phenoxy) is 1. The van der Waals surface area contributed by atoms with E-state index in [1.165, 1.54) is 0 Å². The molecule has 6 heteroatoms. The van der Waals surface area contributed by atoms with Crippen LogP contribution < -0.4 is 5.32 Å². The Hall–Kier alpha value is -2.13. The molecule has 1 fully saturated rings. The lowest BCUT2D eigenvalue weighted by atomic mass is 9.85. The van der Waals surface area contributed by atoms with Crippen molar-refractivity contribution in [2.24, 2.45) is 5.41 Å². The van der Waals surface area contributed by atoms with Crippen molar-refractivity contribution in [1.82, 2.24) is 4.98 Å². The minimum Gasteiger partial charge on any atom is -0.481 e. The second kappa shape index (κ2) is 5.10. The molecule has 1 aliphatic heterocycles. The summed E-state index contributed by atoms with van der Waals surface area (Å²) in [7, 11) is 0. The molecule has 0 aliphatic carbocycles. The van der Waals surface area contributed by atoms with Crippen molar-refractivity contribution in [3.8, 4) is 6.07 Å². The Kier molecular flexibility index (Phi) is 3.64. The van der Waals surface area contributed by atoms with Crippen LogP contribution in [-0.4, -0.2) is 35.3 Å². The molecule has 106 valence electrons. The predicted octanol–water partition coefficient (Wildman–Crippen LogP) is 1.47. The van der Waals surface area contributed by atoms with Gasteiger partial charge in [0.15, 0.2) is 0 Å². The molecule has 0 amide bonds. The van der Waals surface area contributed by atoms with Crippen molar-refractivity contribution in [2.45, 2.75) is 26.8 Å². The molecule has 1 saturated heterocycles. The first-order valence-electron chi connectivity index (χ1n) is 6.34. The van der Waals surface area contributed by atoms with Crippen molar-refractivity contribution in [1.29, 1.82) is 5.26 Å². The zero-order valence-electron chi connectivity index (χ0n) is 11.7. The third kappa shape index (κ3) is 2.32. The van der Waals surface area contributed by atoms with Crippen LogP contribution in [-0.2, 0) is 9.53 Å². The highest BCUT2D eigenvalue weighted by Gasteiger charge is 2.47. The first-order valence-corrected chi connectivity index (χ1v) is 6.34. The van der Waals surface area contributed by atoms with Crippen molar-refractivity contribution in [3.63, 3.8) is 0 Å². The van der Waals surface area contributed by atoms with Crippen molar-refractivity contribution >= 4 is 11.8 Å². The van der Waals surface area contributed by atoms with Crippen molar-refractivity contribution < 1.29 is 14.6 Å². The van der Waals surface area contributed by atoms with Crippen LogP contribution in [0.15, 0.2) is 6.07 Å². The van der Waals surface area contributed by atoms with E-state index in [1.807, 2.05) is 19.9 Å². The average Bonchev–Trinajstić information content (AvgIpc) is 2.72. The summed E-state index contributed by atoms with van der Waals surface area (Å²) in [6, 6.07) is 3.52. The van der Waals surface area contributed by atoms with Gasteiger partial charge in [0.25, 0.3) is 0 Å². The molecular weight excluding hydrogens is 258 g/mol. The minimum absolute atomic E-state index is 0.146. The number of aryl methyl sites for hydroxylation is 2. The molecule has 2 atom stereocenters. The summed E-state index contributed by atoms with van der Waals surface area (Å²) in [5, 5.41) is 21.7. The summed E-state index contributed by atoms with van der Waals surface area (Å²) in [6.07, 6.45) is 0. The van der Waals surface area contributed by atoms with Crippen LogP contribution in [0.2, 0.25) is 0 Å². The molecule has 2 rings (SSSR count). The third-order valence-corrected chi connectivity index (χ3v) is 3.71. The molecule has 2 unspecified atom stereocenters. The number of nitrogens with one attached hydrogen (secondary N) is 1. The second-order valence-electron chi connectivity index (χ2n) is 5.35. The van der Waals surface area contributed by atoms with Gasteiger partial charge < -0.3 is 15.2 Å². The molecule has 20 heavy (non-hydrogen) atoms. The summed E-state index contributed by atoms with van der Waals surface area (Å²) in [5.41, 5.74) is 1.01. The van der Waals surface area contributed by atoms with Crippen LogP contribution in [0, 0.1) is 30.6 Å². The van der Waals surface area contributed by atoms with E-state index in [2.05, 4.69) is 16.4 Å². The summed E-state index contributed by atoms with van der Waals surface area (Å²) < 4.78 is 5.29. The van der Waals surface area contributed by atoms with Crippen LogP contribution in [0.1, 0.15) is 23.7 Å². The van der Waals surface area contributed by atoms with Gasteiger partial charge in [-0.3, -0.25) is 4.79 Å². The first-order chi connectivity index (χ1) is 9.38. The van der Waals surface area contributed by atoms with Gasteiger partial charge in [0.05, 0.1) is 24.8 Å². The standard InChI is InChI=1S/C14H17N3O3/c1-8-4-9(2)16-12(10(8)5-15)17-11-6-20-7-14(11,3)13(18)19/h4,11H,6-7H2,1-3H3,(H,16,17)(H,18,19). The number of aromatic nitrogens is 1. The van der Waals surface area contributed by atoms with Crippen LogP contribution >= 0.6 is 0 Å². The van der Waals surface area contributed by atoms with E-state index >= 15 is 0 Å². The van der Waals surface area contributed by atoms with Crippen molar-refractivity contribution in [2.75, 3.05) is 18.5 Å². The first kappa shape index (κ1) is 14.3. The number of nitriles is 1. The largest absolute Gasteiger partial charge is 0.481 e. The molecule has 0 saturated carbocycles. The van der Waals surface area contributed by atoms with Gasteiger partial charge in [0, 0.05) is 5.69 Å². The Morgan fingerprint density at radius 1 is 1.65 bits per heavy atom. The van der Waals surface area contributed by atoms with E-state index in [0.29, 0.717) is 11.4 Å². The molecule has 0 aromatic carbocycles. The van der Waals surface area contributed by atoms with E-state index in [0.717, 1.165) is 11.3 Å². The van der Waals surface area contributed by atoms with Crippen LogP contribution in [0.3, 0.4) is 0 Å². The van der Waals surface area contributed by atoms with Crippen LogP contribution in [0.5, 0.6) is 0 Å². The van der Waals surface area contributed by atoms with Gasteiger partial charge in [-0.25, -0.2) is 4.98 Å². The third-order valence-electron chi connectivity index (χ3n) is 3.71. The maximum atomic E-state index is 11.4. The molecule has 2 N–H and O–H groups in total. The number of hydrogen-bond acceptors (Lipinski definition) is 5. The van der Waals surface area contributed by atoms with Gasteiger partial charge in [0.1, 0.15) is 17.3 Å². The zero-order chi connectivity index (χ0) is 14.9. The van der Waals surface area contributed by atoms with E-state index in [9.17, 15) is 15.2 Å². The highest BCUT2D eigenvalue weighted by Crippen LogP contribution is 2.32. The SMILES string of the molecule is Cc1cc(C)c(C#N)c(NC2COCC2(C)C(=O)O)n1. The van der Waals surface area contributed by atoms with E-state index in [4.69, 9.17) is 4.74 Å². The maximum Gasteiger partial charge on any atom is 0.313 e. The Morgan fingerprint density at radius 3 is 2.95 bits per heavy atom. The summed E-state index contributed by atoms with van der Waals surface area (Å²) >= 11 is 0. The van der Waals surface area contributed by atoms with E-state index in [1.54, 1.807) is 6.92 Å². The van der Waals surface area contributed by atoms with Gasteiger partial charge in [-0.15, -0.1) is 0 Å². The lowest BCUT2D eigenvalue weighted by Gasteiger charge is -2.26. The van der Waals surface area contributed by atoms with Gasteiger partial charge in [-0.2, -0.15) is 5.26 Å². The lowest BCUT2D eigenvalue weighted by molar-refractivity contribution is -0.148. The fourth-order valence-electron chi connectivity index (χ4n) is 2.33. The number of anilines is 1. The molecule has 0 bridgehead atoms. The fourth-order valence-corrected chi connectivity index (χ4v) is 2.33. The van der Waals surface area contributed by atoms with Crippen molar-refractivity contribution in [3.05, 3.63) is 22.9 Å². The van der Waals surface area contributed by atoms with Crippen LogP contribution in [0.25, 0.3) is 0 Å². The van der Waals surface area contributed by atoms with Gasteiger partial charge >= 0.3 is 5.97 Å². The number of rotatable bonds is 3. The number of carboxylic acids is 1. The Labute approximate surface area is 117 Å². The second-order valence-corrected chi connectivity index (χ2v) is 5.35. The fraction of sp³-hybridized carbons (Fsp3) is 0.500. The Balaban J connectivity index is 2.36. The quantitative estimate of drug-likeness (QED) is 0.867. The number of hydrogen-bond donors (Lipinski definition) is 2. The summed E-state index contributed by atoms with van der Waals surface area (Å²) in [6.45, 7) is 5.73. The monoisotopic (exact) mass is 275 g/mol. The smallest absolute Gasteiger partial charge is 0.313 e. The van der Waals surface area contributed by atoms with Gasteiger partial charge in [-0.05, 0) is 32.4 Å². The summed E-state index contributed by atoms with van der Waals surface area (Å²) in [4.78, 5) is 15.7. The number of aliphatic carboxylic acids is 1. The number of carboxylic acid groups (broad SMARTS) is 1. The number of pyridine rings is 1. The highest BCUT2D eigenvalue weighted by atomic mass is 16.5. The van der Waals surface area contributed by atoms with Gasteiger partial charge in [0.2, 0.25) is 0 Å². The molecule has 1 aromatic heterocycles. The normalized spacial score (nSPS) is 25.2. The topological polar surface area (TPSA) is 95.2 Å². The average molecular weight is 275 g/mol. The zero-order valence-corrected chi connectivity index (χ0v) is 11.7. The van der Waals surface area contributed by atoms with E-state index < -0.39 is 17.4 Å². The minimum atomic E-state index is -1.02. The van der Waals surface area contributed by atoms with E-state index in [-0.39, 0.29) is 13.2 Å². The predicted molar refractivity (Wildman–Crippen MR) is 72.4 cm³/mol. The molecule has 1 aliphatic rings. The molecule has 2 heterocycles. The lowest BCUT2D eigenvalue weighted by Crippen LogP contribution is -2.43. The molecule has 0 spiro atoms. The molecular formula is C14H17N3O3. The molecule has 1 aromatic rings. The highest BCUT2D eigenvalue weighted by molar-refractivity contribution is 5.76. The molecule has 6 nitrogen and oxygen atoms in total. The van der Waals surface area contributed by atoms with Gasteiger partial charge in [-0.1, -0.05) is 0 Å². The number of carbonyl (C=O) groups is 1. The Morgan fingerprint density at radius 2 is 2.35 bits per heavy atom. The van der Waals surface area contributed by atoms with Crippen LogP contribution in [0.4, 0.5) is 5.82 Å². The number of nitrogens with zero attached hydrogens (tertiary/aromatic N) is 2.